The molecule has 0 aromatic heterocycles. The molecule has 1 fully saturated rings. The topological polar surface area (TPSA) is 79.0 Å². The number of hydrogen-bond donors (Lipinski definition) is 1. The Morgan fingerprint density at radius 2 is 1.80 bits per heavy atom. The fraction of sp³-hybridized carbons (Fsp3) is 0.833. The molecule has 0 saturated carbocycles. The van der Waals surface area contributed by atoms with Gasteiger partial charge in [-0.2, -0.15) is 0 Å². The Bertz CT molecular complexity index is 479. The molecule has 0 unspecified atom stereocenters. The first-order chi connectivity index (χ1) is 11.5. The lowest BCUT2D eigenvalue weighted by Crippen LogP contribution is -2.49. The highest BCUT2D eigenvalue weighted by Crippen LogP contribution is 2.17. The van der Waals surface area contributed by atoms with Gasteiger partial charge in [-0.3, -0.25) is 9.59 Å². The van der Waals surface area contributed by atoms with Crippen LogP contribution in [0.25, 0.3) is 0 Å². The molecule has 1 heterocycles. The highest BCUT2D eigenvalue weighted by atomic mass is 16.6. The molecule has 0 aliphatic carbocycles. The molecule has 0 spiro atoms. The van der Waals surface area contributed by atoms with Gasteiger partial charge >= 0.3 is 6.09 Å². The summed E-state index contributed by atoms with van der Waals surface area (Å²) in [6, 6.07) is -0.152. The normalized spacial score (nSPS) is 17.0. The van der Waals surface area contributed by atoms with Crippen molar-refractivity contribution in [2.24, 2.45) is 5.92 Å². The number of piperidine rings is 1. The zero-order valence-corrected chi connectivity index (χ0v) is 16.4. The standard InChI is InChI=1S/C18H33N3O4/c1-7-21(17(24)25-18(4,5)6)13(2)12-19-16(23)15-8-10-20(11-9-15)14(3)22/h13,15H,7-12H2,1-6H3,(H,19,23)/t13-/m1/s1. The molecule has 0 aromatic rings. The number of nitrogens with zero attached hydrogens (tertiary/aromatic N) is 2. The summed E-state index contributed by atoms with van der Waals surface area (Å²) >= 11 is 0. The number of hydrogen-bond acceptors (Lipinski definition) is 4. The lowest BCUT2D eigenvalue weighted by atomic mass is 9.96. The molecule has 1 atom stereocenters. The Kier molecular flexibility index (Phi) is 7.70. The second kappa shape index (κ2) is 9.06. The summed E-state index contributed by atoms with van der Waals surface area (Å²) in [5.74, 6) is -0.0156. The number of nitrogens with one attached hydrogen (secondary N) is 1. The second-order valence-corrected chi connectivity index (χ2v) is 7.64. The quantitative estimate of drug-likeness (QED) is 0.818. The van der Waals surface area contributed by atoms with E-state index < -0.39 is 5.60 Å². The van der Waals surface area contributed by atoms with Gasteiger partial charge in [0.15, 0.2) is 0 Å². The number of rotatable bonds is 5. The molecule has 1 aliphatic rings. The molecule has 0 radical (unpaired) electrons. The molecule has 25 heavy (non-hydrogen) atoms. The number of likely N-dealkylation sites (tertiary alicyclic amines) is 1. The van der Waals surface area contributed by atoms with Gasteiger partial charge < -0.3 is 19.9 Å². The molecule has 1 saturated heterocycles. The molecule has 0 bridgehead atoms. The Balaban J connectivity index is 2.46. The van der Waals surface area contributed by atoms with Crippen LogP contribution in [-0.2, 0) is 14.3 Å². The van der Waals surface area contributed by atoms with Crippen LogP contribution in [0.4, 0.5) is 4.79 Å². The molecule has 144 valence electrons. The molecular weight excluding hydrogens is 322 g/mol. The van der Waals surface area contributed by atoms with E-state index in [0.29, 0.717) is 39.0 Å². The van der Waals surface area contributed by atoms with Crippen LogP contribution in [0, 0.1) is 5.92 Å². The third kappa shape index (κ3) is 6.92. The number of amides is 3. The van der Waals surface area contributed by atoms with Gasteiger partial charge in [-0.1, -0.05) is 0 Å². The minimum absolute atomic E-state index is 0.00436. The molecule has 3 amide bonds. The summed E-state index contributed by atoms with van der Waals surface area (Å²) in [4.78, 5) is 39.3. The van der Waals surface area contributed by atoms with Crippen LogP contribution in [0.1, 0.15) is 54.4 Å². The van der Waals surface area contributed by atoms with Crippen LogP contribution in [0.3, 0.4) is 0 Å². The minimum Gasteiger partial charge on any atom is -0.444 e. The predicted octanol–water partition coefficient (Wildman–Crippen LogP) is 2.01. The van der Waals surface area contributed by atoms with Gasteiger partial charge in [-0.25, -0.2) is 4.79 Å². The summed E-state index contributed by atoms with van der Waals surface area (Å²) in [6.45, 7) is 13.0. The first kappa shape index (κ1) is 21.3. The lowest BCUT2D eigenvalue weighted by molar-refractivity contribution is -0.134. The van der Waals surface area contributed by atoms with Gasteiger partial charge in [0, 0.05) is 45.1 Å². The highest BCUT2D eigenvalue weighted by molar-refractivity contribution is 5.79. The second-order valence-electron chi connectivity index (χ2n) is 7.64. The third-order valence-corrected chi connectivity index (χ3v) is 4.38. The van der Waals surface area contributed by atoms with Crippen molar-refractivity contribution in [3.8, 4) is 0 Å². The van der Waals surface area contributed by atoms with Crippen molar-refractivity contribution >= 4 is 17.9 Å². The minimum atomic E-state index is -0.543. The van der Waals surface area contributed by atoms with Crippen molar-refractivity contribution in [2.45, 2.75) is 66.0 Å². The van der Waals surface area contributed by atoms with E-state index in [0.717, 1.165) is 0 Å². The monoisotopic (exact) mass is 355 g/mol. The van der Waals surface area contributed by atoms with Gasteiger partial charge in [-0.15, -0.1) is 0 Å². The average Bonchev–Trinajstić information content (AvgIpc) is 2.51. The van der Waals surface area contributed by atoms with E-state index in [-0.39, 0.29) is 29.9 Å². The maximum absolute atomic E-state index is 12.3. The van der Waals surface area contributed by atoms with Crippen LogP contribution >= 0.6 is 0 Å². The summed E-state index contributed by atoms with van der Waals surface area (Å²) in [5, 5.41) is 2.94. The molecule has 1 N–H and O–H groups in total. The van der Waals surface area contributed by atoms with Crippen LogP contribution < -0.4 is 5.32 Å². The average molecular weight is 355 g/mol. The number of likely N-dealkylation sites (N-methyl/N-ethyl adjacent to an activating group) is 1. The summed E-state index contributed by atoms with van der Waals surface area (Å²) < 4.78 is 5.41. The van der Waals surface area contributed by atoms with E-state index in [9.17, 15) is 14.4 Å². The molecule has 1 aliphatic heterocycles. The Morgan fingerprint density at radius 1 is 1.24 bits per heavy atom. The van der Waals surface area contributed by atoms with Crippen molar-refractivity contribution < 1.29 is 19.1 Å². The predicted molar refractivity (Wildman–Crippen MR) is 96.1 cm³/mol. The fourth-order valence-electron chi connectivity index (χ4n) is 2.90. The third-order valence-electron chi connectivity index (χ3n) is 4.38. The van der Waals surface area contributed by atoms with E-state index in [2.05, 4.69) is 5.32 Å². The lowest BCUT2D eigenvalue weighted by Gasteiger charge is -2.32. The molecule has 0 aromatic carbocycles. The van der Waals surface area contributed by atoms with Crippen molar-refractivity contribution in [3.05, 3.63) is 0 Å². The van der Waals surface area contributed by atoms with Crippen molar-refractivity contribution in [3.63, 3.8) is 0 Å². The van der Waals surface area contributed by atoms with Crippen molar-refractivity contribution in [1.29, 1.82) is 0 Å². The highest BCUT2D eigenvalue weighted by Gasteiger charge is 2.28. The van der Waals surface area contributed by atoms with Gasteiger partial charge in [0.05, 0.1) is 0 Å². The zero-order valence-electron chi connectivity index (χ0n) is 16.4. The van der Waals surface area contributed by atoms with Crippen molar-refractivity contribution in [2.75, 3.05) is 26.2 Å². The van der Waals surface area contributed by atoms with Gasteiger partial charge in [0.25, 0.3) is 0 Å². The molecular formula is C18H33N3O4. The largest absolute Gasteiger partial charge is 0.444 e. The summed E-state index contributed by atoms with van der Waals surface area (Å²) in [5.41, 5.74) is -0.543. The van der Waals surface area contributed by atoms with Crippen LogP contribution in [-0.4, -0.2) is 65.5 Å². The van der Waals surface area contributed by atoms with E-state index in [1.807, 2.05) is 34.6 Å². The smallest absolute Gasteiger partial charge is 0.410 e. The first-order valence-corrected chi connectivity index (χ1v) is 9.08. The molecule has 7 heteroatoms. The number of carbonyl (C=O) groups excluding carboxylic acids is 3. The van der Waals surface area contributed by atoms with Crippen LogP contribution in [0.2, 0.25) is 0 Å². The van der Waals surface area contributed by atoms with E-state index in [4.69, 9.17) is 4.74 Å². The van der Waals surface area contributed by atoms with Gasteiger partial charge in [-0.05, 0) is 47.5 Å². The Hall–Kier alpha value is -1.79. The van der Waals surface area contributed by atoms with E-state index in [1.54, 1.807) is 16.7 Å². The van der Waals surface area contributed by atoms with Gasteiger partial charge in [0.1, 0.15) is 5.60 Å². The van der Waals surface area contributed by atoms with E-state index in [1.165, 1.54) is 0 Å². The summed E-state index contributed by atoms with van der Waals surface area (Å²) in [7, 11) is 0. The number of carbonyl (C=O) groups is 3. The first-order valence-electron chi connectivity index (χ1n) is 9.08. The van der Waals surface area contributed by atoms with Crippen molar-refractivity contribution in [1.82, 2.24) is 15.1 Å². The van der Waals surface area contributed by atoms with E-state index >= 15 is 0 Å². The Labute approximate surface area is 151 Å². The van der Waals surface area contributed by atoms with Crippen LogP contribution in [0.15, 0.2) is 0 Å². The zero-order chi connectivity index (χ0) is 19.2. The Morgan fingerprint density at radius 3 is 2.24 bits per heavy atom. The number of ether oxygens (including phenoxy) is 1. The fourth-order valence-corrected chi connectivity index (χ4v) is 2.90. The summed E-state index contributed by atoms with van der Waals surface area (Å²) in [6.07, 6.45) is 0.999. The van der Waals surface area contributed by atoms with Crippen LogP contribution in [0.5, 0.6) is 0 Å². The van der Waals surface area contributed by atoms with Gasteiger partial charge in [0.2, 0.25) is 11.8 Å². The maximum Gasteiger partial charge on any atom is 0.410 e. The maximum atomic E-state index is 12.3. The SMILES string of the molecule is CCN(C(=O)OC(C)(C)C)[C@H](C)CNC(=O)C1CCN(C(C)=O)CC1. The molecule has 7 nitrogen and oxygen atoms in total. The molecule has 1 rings (SSSR count).